The molecule has 1 amide bonds. The van der Waals surface area contributed by atoms with Crippen LogP contribution in [0.3, 0.4) is 0 Å². The first-order valence-electron chi connectivity index (χ1n) is 9.88. The van der Waals surface area contributed by atoms with Gasteiger partial charge in [0.05, 0.1) is 19.9 Å². The number of pyridine rings is 1. The number of fused-ring (bicyclic) bond motifs is 1. The van der Waals surface area contributed by atoms with Gasteiger partial charge in [-0.3, -0.25) is 14.4 Å². The van der Waals surface area contributed by atoms with Gasteiger partial charge >= 0.3 is 0 Å². The van der Waals surface area contributed by atoms with Crippen molar-refractivity contribution in [3.05, 3.63) is 87.3 Å². The van der Waals surface area contributed by atoms with E-state index in [0.717, 1.165) is 11.3 Å². The number of benzene rings is 2. The van der Waals surface area contributed by atoms with E-state index in [2.05, 4.69) is 10.3 Å². The summed E-state index contributed by atoms with van der Waals surface area (Å²) in [6.07, 6.45) is 0.815. The Labute approximate surface area is 179 Å². The third kappa shape index (κ3) is 4.07. The first-order chi connectivity index (χ1) is 15.0. The maximum Gasteiger partial charge on any atom is 0.261 e. The number of rotatable bonds is 5. The van der Waals surface area contributed by atoms with Crippen molar-refractivity contribution >= 4 is 17.4 Å². The standard InChI is InChI=1S/C24H22N2O5/c1-30-16-9-7-14(8-10-16)15-11-20-17(21(27)12-15)13-18(24(29)26-20)23(28)25-19-5-3-4-6-22(19)31-2/h3-10,13,15H,11-12H2,1-2H3,(H,25,28)(H,26,29). The van der Waals surface area contributed by atoms with Crippen LogP contribution < -0.4 is 20.3 Å². The Hall–Kier alpha value is -3.87. The van der Waals surface area contributed by atoms with Gasteiger partial charge in [-0.1, -0.05) is 24.3 Å². The number of amides is 1. The molecule has 0 saturated heterocycles. The molecule has 1 aliphatic rings. The molecule has 0 saturated carbocycles. The maximum absolute atomic E-state index is 12.8. The first-order valence-corrected chi connectivity index (χ1v) is 9.88. The number of aromatic nitrogens is 1. The van der Waals surface area contributed by atoms with Crippen LogP contribution in [0.2, 0.25) is 0 Å². The molecule has 7 nitrogen and oxygen atoms in total. The van der Waals surface area contributed by atoms with Crippen LogP contribution >= 0.6 is 0 Å². The van der Waals surface area contributed by atoms with Crippen LogP contribution in [0.15, 0.2) is 59.4 Å². The molecular formula is C24H22N2O5. The number of nitrogens with one attached hydrogen (secondary N) is 2. The van der Waals surface area contributed by atoms with Crippen LogP contribution in [0.4, 0.5) is 5.69 Å². The number of anilines is 1. The van der Waals surface area contributed by atoms with Crippen LogP contribution in [0, 0.1) is 0 Å². The van der Waals surface area contributed by atoms with Crippen molar-refractivity contribution in [3.63, 3.8) is 0 Å². The number of H-pyrrole nitrogens is 1. The van der Waals surface area contributed by atoms with Crippen molar-refractivity contribution in [2.24, 2.45) is 0 Å². The van der Waals surface area contributed by atoms with E-state index in [0.29, 0.717) is 35.5 Å². The van der Waals surface area contributed by atoms with E-state index in [1.165, 1.54) is 13.2 Å². The number of carbonyl (C=O) groups excluding carboxylic acids is 2. The molecule has 0 fully saturated rings. The highest BCUT2D eigenvalue weighted by Crippen LogP contribution is 2.32. The predicted octanol–water partition coefficient (Wildman–Crippen LogP) is 3.56. The van der Waals surface area contributed by atoms with E-state index >= 15 is 0 Å². The van der Waals surface area contributed by atoms with Crippen LogP contribution in [-0.2, 0) is 6.42 Å². The van der Waals surface area contributed by atoms with E-state index < -0.39 is 11.5 Å². The molecule has 0 radical (unpaired) electrons. The zero-order valence-corrected chi connectivity index (χ0v) is 17.2. The Morgan fingerprint density at radius 3 is 2.45 bits per heavy atom. The molecule has 2 aromatic carbocycles. The molecular weight excluding hydrogens is 396 g/mol. The highest BCUT2D eigenvalue weighted by atomic mass is 16.5. The van der Waals surface area contributed by atoms with Gasteiger partial charge in [-0.2, -0.15) is 0 Å². The van der Waals surface area contributed by atoms with E-state index in [1.54, 1.807) is 31.4 Å². The highest BCUT2D eigenvalue weighted by Gasteiger charge is 2.29. The summed E-state index contributed by atoms with van der Waals surface area (Å²) in [5.41, 5.74) is 1.73. The lowest BCUT2D eigenvalue weighted by Crippen LogP contribution is -2.29. The fourth-order valence-corrected chi connectivity index (χ4v) is 3.85. The summed E-state index contributed by atoms with van der Waals surface area (Å²) >= 11 is 0. The second kappa shape index (κ2) is 8.47. The Bertz CT molecular complexity index is 1200. The number of carbonyl (C=O) groups is 2. The van der Waals surface area contributed by atoms with Gasteiger partial charge in [-0.15, -0.1) is 0 Å². The molecule has 7 heteroatoms. The Morgan fingerprint density at radius 1 is 1.00 bits per heavy atom. The van der Waals surface area contributed by atoms with E-state index in [9.17, 15) is 14.4 Å². The average Bonchev–Trinajstić information content (AvgIpc) is 2.79. The SMILES string of the molecule is COc1ccc(C2CC(=O)c3cc(C(=O)Nc4ccccc4OC)c(=O)[nH]c3C2)cc1. The molecule has 0 aliphatic heterocycles. The molecule has 3 aromatic rings. The van der Waals surface area contributed by atoms with Gasteiger partial charge in [-0.25, -0.2) is 0 Å². The zero-order valence-electron chi connectivity index (χ0n) is 17.2. The fourth-order valence-electron chi connectivity index (χ4n) is 3.85. The van der Waals surface area contributed by atoms with Gasteiger partial charge in [0, 0.05) is 17.7 Å². The summed E-state index contributed by atoms with van der Waals surface area (Å²) in [6.45, 7) is 0. The van der Waals surface area contributed by atoms with Gasteiger partial charge in [0.25, 0.3) is 11.5 Å². The minimum atomic E-state index is -0.598. The summed E-state index contributed by atoms with van der Waals surface area (Å²) in [5.74, 6) is 0.465. The van der Waals surface area contributed by atoms with Crippen LogP contribution in [0.25, 0.3) is 0 Å². The van der Waals surface area contributed by atoms with Crippen molar-refractivity contribution in [1.82, 2.24) is 4.98 Å². The molecule has 0 spiro atoms. The third-order valence-corrected chi connectivity index (χ3v) is 5.49. The third-order valence-electron chi connectivity index (χ3n) is 5.49. The summed E-state index contributed by atoms with van der Waals surface area (Å²) in [7, 11) is 3.09. The molecule has 4 rings (SSSR count). The van der Waals surface area contributed by atoms with Crippen molar-refractivity contribution in [1.29, 1.82) is 0 Å². The lowest BCUT2D eigenvalue weighted by atomic mass is 9.81. The smallest absolute Gasteiger partial charge is 0.261 e. The lowest BCUT2D eigenvalue weighted by Gasteiger charge is -2.24. The number of ketones is 1. The molecule has 0 bridgehead atoms. The number of hydrogen-bond donors (Lipinski definition) is 2. The van der Waals surface area contributed by atoms with E-state index in [1.807, 2.05) is 24.3 Å². The summed E-state index contributed by atoms with van der Waals surface area (Å²) in [4.78, 5) is 41.0. The molecule has 31 heavy (non-hydrogen) atoms. The predicted molar refractivity (Wildman–Crippen MR) is 116 cm³/mol. The second-order valence-electron chi connectivity index (χ2n) is 7.36. The molecule has 158 valence electrons. The number of hydrogen-bond acceptors (Lipinski definition) is 5. The van der Waals surface area contributed by atoms with Crippen molar-refractivity contribution in [3.8, 4) is 11.5 Å². The Morgan fingerprint density at radius 2 is 1.74 bits per heavy atom. The van der Waals surface area contributed by atoms with Gasteiger partial charge in [0.2, 0.25) is 0 Å². The number of aromatic amines is 1. The number of methoxy groups -OCH3 is 2. The Balaban J connectivity index is 1.60. The van der Waals surface area contributed by atoms with Crippen LogP contribution in [-0.4, -0.2) is 30.9 Å². The minimum Gasteiger partial charge on any atom is -0.497 e. The summed E-state index contributed by atoms with van der Waals surface area (Å²) in [6, 6.07) is 15.8. The average molecular weight is 418 g/mol. The fraction of sp³-hybridized carbons (Fsp3) is 0.208. The number of ether oxygens (including phenoxy) is 2. The quantitative estimate of drug-likeness (QED) is 0.660. The van der Waals surface area contributed by atoms with Gasteiger partial charge in [0.1, 0.15) is 17.1 Å². The van der Waals surface area contributed by atoms with Crippen molar-refractivity contribution in [2.75, 3.05) is 19.5 Å². The molecule has 1 unspecified atom stereocenters. The molecule has 2 N–H and O–H groups in total. The normalized spacial score (nSPS) is 15.2. The van der Waals surface area contributed by atoms with Gasteiger partial charge in [-0.05, 0) is 48.2 Å². The maximum atomic E-state index is 12.8. The topological polar surface area (TPSA) is 97.5 Å². The van der Waals surface area contributed by atoms with Crippen molar-refractivity contribution < 1.29 is 19.1 Å². The molecule has 1 atom stereocenters. The molecule has 1 heterocycles. The largest absolute Gasteiger partial charge is 0.497 e. The lowest BCUT2D eigenvalue weighted by molar-refractivity contribution is 0.0963. The molecule has 1 aliphatic carbocycles. The van der Waals surface area contributed by atoms with E-state index in [4.69, 9.17) is 9.47 Å². The number of para-hydroxylation sites is 2. The van der Waals surface area contributed by atoms with Crippen LogP contribution in [0.5, 0.6) is 11.5 Å². The monoisotopic (exact) mass is 418 g/mol. The highest BCUT2D eigenvalue weighted by molar-refractivity contribution is 6.07. The van der Waals surface area contributed by atoms with E-state index in [-0.39, 0.29) is 17.3 Å². The van der Waals surface area contributed by atoms with Crippen molar-refractivity contribution in [2.45, 2.75) is 18.8 Å². The number of Topliss-reactive ketones (excluding diaryl/α,β-unsaturated/α-hetero) is 1. The Kier molecular flexibility index (Phi) is 5.58. The van der Waals surface area contributed by atoms with Crippen LogP contribution in [0.1, 0.15) is 44.3 Å². The summed E-state index contributed by atoms with van der Waals surface area (Å²) < 4.78 is 10.4. The van der Waals surface area contributed by atoms with Gasteiger partial charge in [0.15, 0.2) is 5.78 Å². The minimum absolute atomic E-state index is 0.0465. The summed E-state index contributed by atoms with van der Waals surface area (Å²) in [5, 5.41) is 2.68. The first kappa shape index (κ1) is 20.4. The zero-order chi connectivity index (χ0) is 22.0. The van der Waals surface area contributed by atoms with Gasteiger partial charge < -0.3 is 19.8 Å². The molecule has 1 aromatic heterocycles. The second-order valence-corrected chi connectivity index (χ2v) is 7.36.